The lowest BCUT2D eigenvalue weighted by Crippen LogP contribution is -2.08. The van der Waals surface area contributed by atoms with Gasteiger partial charge in [0, 0.05) is 23.9 Å². The zero-order valence-corrected chi connectivity index (χ0v) is 13.4. The molecule has 7 heteroatoms. The Labute approximate surface area is 138 Å². The number of rotatable bonds is 8. The van der Waals surface area contributed by atoms with Crippen molar-refractivity contribution in [3.8, 4) is 5.75 Å². The van der Waals surface area contributed by atoms with E-state index < -0.39 is 16.2 Å². The van der Waals surface area contributed by atoms with Crippen LogP contribution in [0.4, 0.5) is 5.69 Å². The number of ether oxygens (including phenoxy) is 1. The van der Waals surface area contributed by atoms with Crippen molar-refractivity contribution in [3.05, 3.63) is 44.8 Å². The van der Waals surface area contributed by atoms with E-state index >= 15 is 0 Å². The molecule has 0 saturated carbocycles. The van der Waals surface area contributed by atoms with Crippen LogP contribution >= 0.6 is 0 Å². The van der Waals surface area contributed by atoms with Crippen LogP contribution in [0.3, 0.4) is 0 Å². The van der Waals surface area contributed by atoms with Crippen molar-refractivity contribution in [2.45, 2.75) is 45.4 Å². The molecule has 0 saturated heterocycles. The van der Waals surface area contributed by atoms with Crippen molar-refractivity contribution in [1.82, 2.24) is 0 Å². The largest absolute Gasteiger partial charge is 0.426 e. The van der Waals surface area contributed by atoms with Crippen LogP contribution in [0.1, 0.15) is 45.4 Å². The quantitative estimate of drug-likeness (QED) is 0.181. The maximum Gasteiger partial charge on any atom is 0.415 e. The number of nitrogens with zero attached hydrogens (tertiary/aromatic N) is 1. The van der Waals surface area contributed by atoms with E-state index in [1.165, 1.54) is 18.2 Å². The molecule has 0 aliphatic rings. The van der Waals surface area contributed by atoms with Gasteiger partial charge in [0.25, 0.3) is 0 Å². The van der Waals surface area contributed by atoms with E-state index in [1.54, 1.807) is 0 Å². The summed E-state index contributed by atoms with van der Waals surface area (Å²) in [6.07, 6.45) is 5.48. The summed E-state index contributed by atoms with van der Waals surface area (Å²) in [7, 11) is 0. The first kappa shape index (κ1) is 17.7. The van der Waals surface area contributed by atoms with Crippen molar-refractivity contribution in [3.63, 3.8) is 0 Å². The summed E-state index contributed by atoms with van der Waals surface area (Å²) in [6.45, 7) is 2.13. The normalized spacial score (nSPS) is 10.7. The monoisotopic (exact) mass is 333 g/mol. The fourth-order valence-corrected chi connectivity index (χ4v) is 2.33. The summed E-state index contributed by atoms with van der Waals surface area (Å²) in [6, 6.07) is 5.55. The third-order valence-corrected chi connectivity index (χ3v) is 3.60. The molecule has 1 heterocycles. The van der Waals surface area contributed by atoms with Crippen LogP contribution in [-0.4, -0.2) is 10.9 Å². The molecule has 0 aliphatic heterocycles. The third-order valence-electron chi connectivity index (χ3n) is 3.60. The smallest absolute Gasteiger partial charge is 0.415 e. The highest BCUT2D eigenvalue weighted by molar-refractivity contribution is 5.81. The molecule has 0 spiro atoms. The number of carbonyl (C=O) groups is 1. The second-order valence-electron chi connectivity index (χ2n) is 5.51. The highest BCUT2D eigenvalue weighted by atomic mass is 16.6. The zero-order chi connectivity index (χ0) is 17.5. The molecule has 24 heavy (non-hydrogen) atoms. The topological polar surface area (TPSA) is 99.6 Å². The molecule has 128 valence electrons. The van der Waals surface area contributed by atoms with Crippen molar-refractivity contribution in [2.24, 2.45) is 0 Å². The predicted octanol–water partition coefficient (Wildman–Crippen LogP) is 3.97. The summed E-state index contributed by atoms with van der Waals surface area (Å²) in [5.41, 5.74) is -1.52. The molecule has 1 aromatic heterocycles. The molecule has 0 unspecified atom stereocenters. The number of fused-ring (bicyclic) bond motifs is 1. The maximum atomic E-state index is 11.8. The van der Waals surface area contributed by atoms with E-state index in [9.17, 15) is 19.7 Å². The van der Waals surface area contributed by atoms with Crippen molar-refractivity contribution in [2.75, 3.05) is 0 Å². The number of hydrogen-bond acceptors (Lipinski definition) is 6. The lowest BCUT2D eigenvalue weighted by atomic mass is 10.1. The van der Waals surface area contributed by atoms with Gasteiger partial charge in [-0.05, 0) is 18.6 Å². The average molecular weight is 333 g/mol. The molecule has 2 rings (SSSR count). The number of unbranched alkanes of at least 4 members (excludes halogenated alkanes) is 4. The lowest BCUT2D eigenvalue weighted by molar-refractivity contribution is -0.387. The Morgan fingerprint density at radius 2 is 1.96 bits per heavy atom. The summed E-state index contributed by atoms with van der Waals surface area (Å²) in [4.78, 5) is 33.2. The van der Waals surface area contributed by atoms with Gasteiger partial charge >= 0.3 is 17.3 Å². The SMILES string of the molecule is CCCCCCCC(=O)Oc1ccc2cc([N+](=O)[O-])c(=O)oc2c1. The van der Waals surface area contributed by atoms with Crippen LogP contribution in [0.25, 0.3) is 11.0 Å². The minimum atomic E-state index is -1.04. The highest BCUT2D eigenvalue weighted by Gasteiger charge is 2.16. The summed E-state index contributed by atoms with van der Waals surface area (Å²) in [5, 5.41) is 11.1. The number of benzene rings is 1. The standard InChI is InChI=1S/C17H19NO6/c1-2-3-4-5-6-7-16(19)23-13-9-8-12-10-14(18(21)22)17(20)24-15(12)11-13/h8-11H,2-7H2,1H3. The Balaban J connectivity index is 2.03. The van der Waals surface area contributed by atoms with Crippen LogP contribution in [0, 0.1) is 10.1 Å². The Morgan fingerprint density at radius 1 is 1.21 bits per heavy atom. The molecule has 0 atom stereocenters. The molecule has 0 aliphatic carbocycles. The summed E-state index contributed by atoms with van der Waals surface area (Å²) >= 11 is 0. The number of hydrogen-bond donors (Lipinski definition) is 0. The molecule has 0 radical (unpaired) electrons. The van der Waals surface area contributed by atoms with Crippen molar-refractivity contribution in [1.29, 1.82) is 0 Å². The zero-order valence-electron chi connectivity index (χ0n) is 13.4. The fourth-order valence-electron chi connectivity index (χ4n) is 2.33. The van der Waals surface area contributed by atoms with E-state index in [2.05, 4.69) is 6.92 Å². The first-order chi connectivity index (χ1) is 11.5. The first-order valence-electron chi connectivity index (χ1n) is 7.94. The van der Waals surface area contributed by atoms with Gasteiger partial charge in [-0.2, -0.15) is 0 Å². The van der Waals surface area contributed by atoms with Gasteiger partial charge in [-0.3, -0.25) is 14.9 Å². The lowest BCUT2D eigenvalue weighted by Gasteiger charge is -2.05. The molecule has 0 N–H and O–H groups in total. The van der Waals surface area contributed by atoms with Crippen LogP contribution in [0.2, 0.25) is 0 Å². The van der Waals surface area contributed by atoms with E-state index in [4.69, 9.17) is 9.15 Å². The van der Waals surface area contributed by atoms with Crippen molar-refractivity contribution >= 4 is 22.6 Å². The molecule has 7 nitrogen and oxygen atoms in total. The fraction of sp³-hybridized carbons (Fsp3) is 0.412. The van der Waals surface area contributed by atoms with Crippen LogP contribution < -0.4 is 10.4 Å². The molecular weight excluding hydrogens is 314 g/mol. The molecule has 2 aromatic rings. The average Bonchev–Trinajstić information content (AvgIpc) is 2.53. The Kier molecular flexibility index (Phi) is 6.06. The Hall–Kier alpha value is -2.70. The van der Waals surface area contributed by atoms with Crippen molar-refractivity contribution < 1.29 is 18.9 Å². The highest BCUT2D eigenvalue weighted by Crippen LogP contribution is 2.23. The molecule has 0 bridgehead atoms. The number of nitro groups is 1. The van der Waals surface area contributed by atoms with Gasteiger partial charge in [0.2, 0.25) is 0 Å². The summed E-state index contributed by atoms with van der Waals surface area (Å²) in [5.74, 6) is -0.104. The minimum absolute atomic E-state index is 0.138. The number of esters is 1. The van der Waals surface area contributed by atoms with Crippen LogP contribution in [-0.2, 0) is 4.79 Å². The second-order valence-corrected chi connectivity index (χ2v) is 5.51. The Bertz CT molecular complexity index is 795. The van der Waals surface area contributed by atoms with Gasteiger partial charge in [-0.25, -0.2) is 4.79 Å². The second kappa shape index (κ2) is 8.24. The van der Waals surface area contributed by atoms with Crippen LogP contribution in [0.5, 0.6) is 5.75 Å². The van der Waals surface area contributed by atoms with E-state index in [0.29, 0.717) is 11.8 Å². The van der Waals surface area contributed by atoms with E-state index in [0.717, 1.165) is 38.2 Å². The van der Waals surface area contributed by atoms with Gasteiger partial charge in [0.1, 0.15) is 11.3 Å². The van der Waals surface area contributed by atoms with E-state index in [1.807, 2.05) is 0 Å². The molecule has 0 fully saturated rings. The number of carbonyl (C=O) groups excluding carboxylic acids is 1. The van der Waals surface area contributed by atoms with Crippen LogP contribution in [0.15, 0.2) is 33.5 Å². The molecule has 1 aromatic carbocycles. The minimum Gasteiger partial charge on any atom is -0.426 e. The predicted molar refractivity (Wildman–Crippen MR) is 88.1 cm³/mol. The Morgan fingerprint density at radius 3 is 2.67 bits per heavy atom. The summed E-state index contributed by atoms with van der Waals surface area (Å²) < 4.78 is 10.1. The van der Waals surface area contributed by atoms with Gasteiger partial charge in [0.15, 0.2) is 0 Å². The molecular formula is C17H19NO6. The third kappa shape index (κ3) is 4.65. The van der Waals surface area contributed by atoms with Gasteiger partial charge in [0.05, 0.1) is 4.92 Å². The van der Waals surface area contributed by atoms with E-state index in [-0.39, 0.29) is 17.3 Å². The van der Waals surface area contributed by atoms with Gasteiger partial charge < -0.3 is 9.15 Å². The first-order valence-corrected chi connectivity index (χ1v) is 7.94. The molecule has 0 amide bonds. The van der Waals surface area contributed by atoms with Gasteiger partial charge in [-0.1, -0.05) is 32.6 Å². The maximum absolute atomic E-state index is 11.8. The van der Waals surface area contributed by atoms with Gasteiger partial charge in [-0.15, -0.1) is 0 Å².